The van der Waals surface area contributed by atoms with Gasteiger partial charge in [0.05, 0.1) is 24.4 Å². The Labute approximate surface area is 168 Å². The third-order valence-electron chi connectivity index (χ3n) is 4.41. The van der Waals surface area contributed by atoms with Gasteiger partial charge in [0.1, 0.15) is 18.1 Å². The highest BCUT2D eigenvalue weighted by Gasteiger charge is 2.18. The van der Waals surface area contributed by atoms with Crippen molar-refractivity contribution in [3.63, 3.8) is 0 Å². The standard InChI is InChI=1S/C21H23N3O5/c1-13(18-11-24(3)23-14(18)2)22-20(25)19-10-9-17(29-19)12-28-16-7-5-15(6-8-16)21(26)27-4/h5-11,13H,12H2,1-4H3,(H,22,25). The molecule has 1 atom stereocenters. The molecule has 0 aliphatic rings. The molecule has 0 saturated heterocycles. The van der Waals surface area contributed by atoms with E-state index in [1.165, 1.54) is 7.11 Å². The van der Waals surface area contributed by atoms with Crippen LogP contribution in [0.4, 0.5) is 0 Å². The van der Waals surface area contributed by atoms with Crippen LogP contribution in [0.5, 0.6) is 5.75 Å². The van der Waals surface area contributed by atoms with Crippen LogP contribution in [0.2, 0.25) is 0 Å². The van der Waals surface area contributed by atoms with Crippen LogP contribution in [0.25, 0.3) is 0 Å². The van der Waals surface area contributed by atoms with Crippen LogP contribution >= 0.6 is 0 Å². The first kappa shape index (κ1) is 20.2. The molecule has 1 aromatic carbocycles. The van der Waals surface area contributed by atoms with Crippen LogP contribution < -0.4 is 10.1 Å². The molecule has 1 N–H and O–H groups in total. The van der Waals surface area contributed by atoms with E-state index in [1.807, 2.05) is 27.1 Å². The first-order valence-electron chi connectivity index (χ1n) is 9.08. The molecule has 0 aliphatic heterocycles. The minimum atomic E-state index is -0.408. The quantitative estimate of drug-likeness (QED) is 0.615. The van der Waals surface area contributed by atoms with Crippen molar-refractivity contribution in [3.8, 4) is 5.75 Å². The molecule has 152 valence electrons. The number of amides is 1. The third-order valence-corrected chi connectivity index (χ3v) is 4.41. The molecule has 29 heavy (non-hydrogen) atoms. The number of carbonyl (C=O) groups is 2. The van der Waals surface area contributed by atoms with Gasteiger partial charge in [0.25, 0.3) is 5.91 Å². The molecule has 3 aromatic rings. The van der Waals surface area contributed by atoms with Gasteiger partial charge in [-0.3, -0.25) is 9.48 Å². The maximum Gasteiger partial charge on any atom is 0.337 e. The van der Waals surface area contributed by atoms with Gasteiger partial charge in [-0.25, -0.2) is 4.79 Å². The second-order valence-corrected chi connectivity index (χ2v) is 6.61. The molecule has 3 rings (SSSR count). The topological polar surface area (TPSA) is 95.6 Å². The Kier molecular flexibility index (Phi) is 6.01. The monoisotopic (exact) mass is 397 g/mol. The number of rotatable bonds is 7. The van der Waals surface area contributed by atoms with Crippen LogP contribution in [-0.2, 0) is 18.4 Å². The predicted octanol–water partition coefficient (Wildman–Crippen LogP) is 3.18. The van der Waals surface area contributed by atoms with E-state index in [4.69, 9.17) is 9.15 Å². The Morgan fingerprint density at radius 2 is 1.93 bits per heavy atom. The summed E-state index contributed by atoms with van der Waals surface area (Å²) in [5, 5.41) is 7.19. The van der Waals surface area contributed by atoms with E-state index < -0.39 is 5.97 Å². The number of carbonyl (C=O) groups excluding carboxylic acids is 2. The van der Waals surface area contributed by atoms with Gasteiger partial charge in [-0.1, -0.05) is 0 Å². The number of esters is 1. The van der Waals surface area contributed by atoms with E-state index >= 15 is 0 Å². The third kappa shape index (κ3) is 4.84. The maximum absolute atomic E-state index is 12.4. The predicted molar refractivity (Wildman–Crippen MR) is 105 cm³/mol. The molecule has 1 amide bonds. The Balaban J connectivity index is 1.56. The van der Waals surface area contributed by atoms with Crippen LogP contribution in [-0.4, -0.2) is 28.8 Å². The lowest BCUT2D eigenvalue weighted by atomic mass is 10.1. The molecular weight excluding hydrogens is 374 g/mol. The van der Waals surface area contributed by atoms with E-state index in [0.29, 0.717) is 17.1 Å². The molecule has 8 heteroatoms. The number of aryl methyl sites for hydroxylation is 2. The number of hydrogen-bond donors (Lipinski definition) is 1. The van der Waals surface area contributed by atoms with Gasteiger partial charge in [0.2, 0.25) is 0 Å². The molecule has 0 radical (unpaired) electrons. The number of nitrogens with zero attached hydrogens (tertiary/aromatic N) is 2. The van der Waals surface area contributed by atoms with Crippen molar-refractivity contribution in [2.45, 2.75) is 26.5 Å². The summed E-state index contributed by atoms with van der Waals surface area (Å²) in [4.78, 5) is 23.9. The zero-order valence-electron chi connectivity index (χ0n) is 16.8. The molecule has 2 aromatic heterocycles. The normalized spacial score (nSPS) is 11.7. The first-order valence-corrected chi connectivity index (χ1v) is 9.08. The molecule has 1 unspecified atom stereocenters. The summed E-state index contributed by atoms with van der Waals surface area (Å²) in [7, 11) is 3.17. The highest BCUT2D eigenvalue weighted by molar-refractivity contribution is 5.91. The summed E-state index contributed by atoms with van der Waals surface area (Å²) in [5.41, 5.74) is 2.26. The molecule has 0 bridgehead atoms. The summed E-state index contributed by atoms with van der Waals surface area (Å²) >= 11 is 0. The number of benzene rings is 1. The van der Waals surface area contributed by atoms with Crippen LogP contribution in [0, 0.1) is 6.92 Å². The van der Waals surface area contributed by atoms with Gasteiger partial charge in [0.15, 0.2) is 5.76 Å². The van der Waals surface area contributed by atoms with Crippen molar-refractivity contribution in [3.05, 3.63) is 70.9 Å². The van der Waals surface area contributed by atoms with Crippen molar-refractivity contribution in [2.75, 3.05) is 7.11 Å². The van der Waals surface area contributed by atoms with Gasteiger partial charge in [-0.15, -0.1) is 0 Å². The van der Waals surface area contributed by atoms with E-state index in [1.54, 1.807) is 41.1 Å². The summed E-state index contributed by atoms with van der Waals surface area (Å²) in [6.07, 6.45) is 1.88. The van der Waals surface area contributed by atoms with Crippen molar-refractivity contribution in [1.29, 1.82) is 0 Å². The smallest absolute Gasteiger partial charge is 0.337 e. The van der Waals surface area contributed by atoms with Crippen molar-refractivity contribution < 1.29 is 23.5 Å². The van der Waals surface area contributed by atoms with Gasteiger partial charge < -0.3 is 19.2 Å². The second-order valence-electron chi connectivity index (χ2n) is 6.61. The molecule has 0 fully saturated rings. The highest BCUT2D eigenvalue weighted by Crippen LogP contribution is 2.18. The van der Waals surface area contributed by atoms with Crippen molar-refractivity contribution in [2.24, 2.45) is 7.05 Å². The van der Waals surface area contributed by atoms with Crippen LogP contribution in [0.1, 0.15) is 50.9 Å². The van der Waals surface area contributed by atoms with Crippen LogP contribution in [0.15, 0.2) is 47.0 Å². The summed E-state index contributed by atoms with van der Waals surface area (Å²) < 4.78 is 17.6. The lowest BCUT2D eigenvalue weighted by Gasteiger charge is -2.12. The Morgan fingerprint density at radius 3 is 2.55 bits per heavy atom. The molecule has 0 saturated carbocycles. The van der Waals surface area contributed by atoms with Crippen LogP contribution in [0.3, 0.4) is 0 Å². The molecule has 0 aliphatic carbocycles. The Hall–Kier alpha value is -3.55. The number of furan rings is 1. The fourth-order valence-corrected chi connectivity index (χ4v) is 2.93. The summed E-state index contributed by atoms with van der Waals surface area (Å²) in [6.45, 7) is 3.95. The zero-order chi connectivity index (χ0) is 21.0. The van der Waals surface area contributed by atoms with Gasteiger partial charge in [0, 0.05) is 18.8 Å². The SMILES string of the molecule is COC(=O)c1ccc(OCc2ccc(C(=O)NC(C)c3cn(C)nc3C)o2)cc1. The highest BCUT2D eigenvalue weighted by atomic mass is 16.5. The summed E-state index contributed by atoms with van der Waals surface area (Å²) in [6, 6.07) is 9.67. The molecular formula is C21H23N3O5. The molecule has 0 spiro atoms. The van der Waals surface area contributed by atoms with E-state index in [-0.39, 0.29) is 24.3 Å². The number of hydrogen-bond acceptors (Lipinski definition) is 6. The van der Waals surface area contributed by atoms with Gasteiger partial charge in [-0.05, 0) is 50.2 Å². The number of ether oxygens (including phenoxy) is 2. The number of nitrogens with one attached hydrogen (secondary N) is 1. The van der Waals surface area contributed by atoms with E-state index in [2.05, 4.69) is 15.2 Å². The fourth-order valence-electron chi connectivity index (χ4n) is 2.93. The molecule has 8 nitrogen and oxygen atoms in total. The average molecular weight is 397 g/mol. The van der Waals surface area contributed by atoms with E-state index in [0.717, 1.165) is 11.3 Å². The van der Waals surface area contributed by atoms with Crippen molar-refractivity contribution in [1.82, 2.24) is 15.1 Å². The van der Waals surface area contributed by atoms with Crippen molar-refractivity contribution >= 4 is 11.9 Å². The van der Waals surface area contributed by atoms with Gasteiger partial charge >= 0.3 is 5.97 Å². The number of aromatic nitrogens is 2. The van der Waals surface area contributed by atoms with E-state index in [9.17, 15) is 9.59 Å². The van der Waals surface area contributed by atoms with Gasteiger partial charge in [-0.2, -0.15) is 5.10 Å². The maximum atomic E-state index is 12.4. The second kappa shape index (κ2) is 8.64. The number of methoxy groups -OCH3 is 1. The Bertz CT molecular complexity index is 1000. The largest absolute Gasteiger partial charge is 0.486 e. The lowest BCUT2D eigenvalue weighted by Crippen LogP contribution is -2.26. The first-order chi connectivity index (χ1) is 13.9. The molecule has 2 heterocycles. The zero-order valence-corrected chi connectivity index (χ0v) is 16.8. The average Bonchev–Trinajstić information content (AvgIpc) is 3.32. The minimum absolute atomic E-state index is 0.155. The Morgan fingerprint density at radius 1 is 1.21 bits per heavy atom. The minimum Gasteiger partial charge on any atom is -0.486 e. The summed E-state index contributed by atoms with van der Waals surface area (Å²) in [5.74, 6) is 0.569. The fraction of sp³-hybridized carbons (Fsp3) is 0.286. The lowest BCUT2D eigenvalue weighted by molar-refractivity contribution is 0.0600.